The lowest BCUT2D eigenvalue weighted by Crippen LogP contribution is -2.46. The maximum absolute atomic E-state index is 12.1. The Morgan fingerprint density at radius 3 is 1.89 bits per heavy atom. The number of amides is 2. The average Bonchev–Trinajstić information content (AvgIpc) is 2.89. The van der Waals surface area contributed by atoms with Gasteiger partial charge in [-0.05, 0) is 70.8 Å². The lowest BCUT2D eigenvalue weighted by atomic mass is 9.97. The predicted octanol–water partition coefficient (Wildman–Crippen LogP) is 5.84. The van der Waals surface area contributed by atoms with Gasteiger partial charge in [0.1, 0.15) is 16.4 Å². The van der Waals surface area contributed by atoms with Crippen LogP contribution in [0, 0.1) is 0 Å². The Kier molecular flexibility index (Phi) is 13.0. The largest absolute Gasteiger partial charge is 0.444 e. The SMILES string of the molecule is CC(=O)OC(C)=O.CC(C)(C)OC(=O)N1CCc2c(ccc(Cl)[n+]2O)C1.CC1CN(C(=O)OC(C)(C)C)Cc2ccc(Cl)nc21. The first-order chi connectivity index (χ1) is 20.7. The Morgan fingerprint density at radius 1 is 0.867 bits per heavy atom. The number of carbonyl (C=O) groups excluding carboxylic acids is 4. The second-order valence-electron chi connectivity index (χ2n) is 12.6. The van der Waals surface area contributed by atoms with Crippen molar-refractivity contribution in [3.05, 3.63) is 57.1 Å². The molecule has 2 aromatic rings. The van der Waals surface area contributed by atoms with Crippen LogP contribution in [0.1, 0.15) is 90.7 Å². The van der Waals surface area contributed by atoms with E-state index in [1.165, 1.54) is 13.8 Å². The van der Waals surface area contributed by atoms with Gasteiger partial charge in [-0.3, -0.25) is 14.8 Å². The molecule has 4 heterocycles. The summed E-state index contributed by atoms with van der Waals surface area (Å²) in [5.74, 6) is -0.963. The topological polar surface area (TPSA) is 139 Å². The molecule has 0 aliphatic carbocycles. The van der Waals surface area contributed by atoms with Gasteiger partial charge in [0.15, 0.2) is 0 Å². The first-order valence-electron chi connectivity index (χ1n) is 14.4. The summed E-state index contributed by atoms with van der Waals surface area (Å²) in [4.78, 5) is 51.4. The standard InChI is InChI=1S/C14H19ClN2O2.C13H18ClN2O3.C4H6O3/c1-9-7-17(13(18)19-14(2,3)4)8-10-5-6-11(15)16-12(9)10;1-13(2,3)19-12(17)15-7-6-10-9(8-15)4-5-11(14)16(10)18;1-3(5)7-4(2)6/h5-6,9H,7-8H2,1-4H3;4-5,18H,6-8H2,1-3H3;1-2H3/q;+1;. The van der Waals surface area contributed by atoms with E-state index in [0.29, 0.717) is 37.8 Å². The molecule has 4 rings (SSSR count). The van der Waals surface area contributed by atoms with Gasteiger partial charge in [-0.25, -0.2) is 14.6 Å². The second kappa shape index (κ2) is 15.6. The number of carbonyl (C=O) groups is 4. The van der Waals surface area contributed by atoms with E-state index in [0.717, 1.165) is 27.2 Å². The Bertz CT molecular complexity index is 1390. The quantitative estimate of drug-likeness (QED) is 0.0914. The van der Waals surface area contributed by atoms with Crippen LogP contribution in [0.25, 0.3) is 0 Å². The van der Waals surface area contributed by atoms with E-state index < -0.39 is 23.1 Å². The Labute approximate surface area is 274 Å². The van der Waals surface area contributed by atoms with Crippen LogP contribution in [0.15, 0.2) is 24.3 Å². The van der Waals surface area contributed by atoms with E-state index in [9.17, 15) is 24.4 Å². The van der Waals surface area contributed by atoms with Gasteiger partial charge in [0.05, 0.1) is 25.2 Å². The van der Waals surface area contributed by atoms with Crippen molar-refractivity contribution in [2.24, 2.45) is 0 Å². The fourth-order valence-electron chi connectivity index (χ4n) is 4.41. The molecule has 1 unspecified atom stereocenters. The molecule has 2 aliphatic rings. The number of fused-ring (bicyclic) bond motifs is 2. The normalized spacial score (nSPS) is 15.6. The van der Waals surface area contributed by atoms with Crippen LogP contribution in [-0.4, -0.2) is 68.4 Å². The van der Waals surface area contributed by atoms with Gasteiger partial charge >= 0.3 is 29.3 Å². The van der Waals surface area contributed by atoms with E-state index in [2.05, 4.69) is 9.72 Å². The zero-order valence-electron chi connectivity index (χ0n) is 27.3. The summed E-state index contributed by atoms with van der Waals surface area (Å²) in [5.41, 5.74) is 2.66. The van der Waals surface area contributed by atoms with Crippen molar-refractivity contribution in [3.63, 3.8) is 0 Å². The van der Waals surface area contributed by atoms with Gasteiger partial charge in [-0.2, -0.15) is 0 Å². The molecule has 0 fully saturated rings. The molecule has 0 aromatic carbocycles. The fourth-order valence-corrected chi connectivity index (χ4v) is 4.73. The number of halogens is 2. The molecule has 0 bridgehead atoms. The van der Waals surface area contributed by atoms with Crippen LogP contribution in [0.2, 0.25) is 10.3 Å². The third-order valence-electron chi connectivity index (χ3n) is 6.12. The average molecular weight is 671 g/mol. The molecular weight excluding hydrogens is 627 g/mol. The lowest BCUT2D eigenvalue weighted by Gasteiger charge is -2.33. The summed E-state index contributed by atoms with van der Waals surface area (Å²) in [5, 5.41) is 10.6. The highest BCUT2D eigenvalue weighted by molar-refractivity contribution is 6.29. The van der Waals surface area contributed by atoms with Gasteiger partial charge < -0.3 is 24.0 Å². The van der Waals surface area contributed by atoms with Gasteiger partial charge in [0, 0.05) is 49.2 Å². The van der Waals surface area contributed by atoms with Crippen LogP contribution < -0.4 is 4.73 Å². The Hall–Kier alpha value is -3.64. The third-order valence-corrected chi connectivity index (χ3v) is 6.62. The summed E-state index contributed by atoms with van der Waals surface area (Å²) in [6, 6.07) is 7.11. The molecule has 0 radical (unpaired) electrons. The van der Waals surface area contributed by atoms with E-state index in [-0.39, 0.29) is 23.3 Å². The molecule has 45 heavy (non-hydrogen) atoms. The highest BCUT2D eigenvalue weighted by atomic mass is 35.5. The highest BCUT2D eigenvalue weighted by Crippen LogP contribution is 2.28. The Morgan fingerprint density at radius 2 is 1.38 bits per heavy atom. The Balaban J connectivity index is 0.000000260. The molecule has 12 nitrogen and oxygen atoms in total. The third kappa shape index (κ3) is 12.3. The van der Waals surface area contributed by atoms with Crippen molar-refractivity contribution in [1.82, 2.24) is 14.8 Å². The van der Waals surface area contributed by atoms with Crippen LogP contribution in [-0.2, 0) is 43.3 Å². The van der Waals surface area contributed by atoms with Crippen molar-refractivity contribution in [2.45, 2.75) is 98.9 Å². The number of rotatable bonds is 0. The first-order valence-corrected chi connectivity index (χ1v) is 15.1. The molecule has 2 aromatic heterocycles. The van der Waals surface area contributed by atoms with Crippen molar-refractivity contribution in [1.29, 1.82) is 0 Å². The molecule has 0 saturated carbocycles. The molecule has 0 saturated heterocycles. The number of pyridine rings is 2. The van der Waals surface area contributed by atoms with Crippen molar-refractivity contribution >= 4 is 47.3 Å². The fraction of sp³-hybridized carbons (Fsp3) is 0.548. The van der Waals surface area contributed by atoms with Gasteiger partial charge in [-0.1, -0.05) is 24.6 Å². The zero-order chi connectivity index (χ0) is 34.3. The monoisotopic (exact) mass is 669 g/mol. The summed E-state index contributed by atoms with van der Waals surface area (Å²) in [6.45, 7) is 17.6. The minimum atomic E-state index is -0.562. The minimum Gasteiger partial charge on any atom is -0.444 e. The lowest BCUT2D eigenvalue weighted by molar-refractivity contribution is -0.908. The number of hydrogen-bond donors (Lipinski definition) is 1. The van der Waals surface area contributed by atoms with Crippen LogP contribution in [0.3, 0.4) is 0 Å². The van der Waals surface area contributed by atoms with E-state index in [1.807, 2.05) is 60.6 Å². The molecule has 2 aliphatic heterocycles. The van der Waals surface area contributed by atoms with Crippen LogP contribution >= 0.6 is 23.2 Å². The maximum Gasteiger partial charge on any atom is 0.410 e. The minimum absolute atomic E-state index is 0.162. The summed E-state index contributed by atoms with van der Waals surface area (Å²) in [7, 11) is 0. The maximum atomic E-state index is 12.1. The van der Waals surface area contributed by atoms with Gasteiger partial charge in [-0.15, -0.1) is 0 Å². The van der Waals surface area contributed by atoms with Gasteiger partial charge in [0.25, 0.3) is 0 Å². The van der Waals surface area contributed by atoms with E-state index in [1.54, 1.807) is 21.9 Å². The molecule has 14 heteroatoms. The first kappa shape index (κ1) is 37.5. The highest BCUT2D eigenvalue weighted by Gasteiger charge is 2.32. The van der Waals surface area contributed by atoms with E-state index in [4.69, 9.17) is 32.7 Å². The second-order valence-corrected chi connectivity index (χ2v) is 13.4. The molecule has 248 valence electrons. The molecule has 2 amide bonds. The molecule has 1 N–H and O–H groups in total. The molecule has 1 atom stereocenters. The smallest absolute Gasteiger partial charge is 0.410 e. The molecular formula is C31H43Cl2N4O8+. The number of hydrogen-bond acceptors (Lipinski definition) is 9. The zero-order valence-corrected chi connectivity index (χ0v) is 28.8. The van der Waals surface area contributed by atoms with Crippen molar-refractivity contribution in [2.75, 3.05) is 13.1 Å². The number of nitrogens with zero attached hydrogens (tertiary/aromatic N) is 4. The molecule has 0 spiro atoms. The number of esters is 2. The number of aromatic nitrogens is 2. The summed E-state index contributed by atoms with van der Waals surface area (Å²) >= 11 is 11.8. The number of ether oxygens (including phenoxy) is 3. The summed E-state index contributed by atoms with van der Waals surface area (Å²) < 4.78 is 15.7. The summed E-state index contributed by atoms with van der Waals surface area (Å²) in [6.07, 6.45) is -0.0661. The van der Waals surface area contributed by atoms with Crippen molar-refractivity contribution < 1.29 is 43.3 Å². The van der Waals surface area contributed by atoms with Crippen LogP contribution in [0.4, 0.5) is 9.59 Å². The van der Waals surface area contributed by atoms with Gasteiger partial charge in [0.2, 0.25) is 5.69 Å². The van der Waals surface area contributed by atoms with E-state index >= 15 is 0 Å². The van der Waals surface area contributed by atoms with Crippen molar-refractivity contribution in [3.8, 4) is 0 Å². The van der Waals surface area contributed by atoms with Crippen LogP contribution in [0.5, 0.6) is 0 Å². The predicted molar refractivity (Wildman–Crippen MR) is 166 cm³/mol.